The zero-order valence-corrected chi connectivity index (χ0v) is 16.5. The van der Waals surface area contributed by atoms with Crippen LogP contribution in [0.25, 0.3) is 0 Å². The van der Waals surface area contributed by atoms with Gasteiger partial charge in [-0.2, -0.15) is 4.31 Å². The molecule has 0 aliphatic carbocycles. The Morgan fingerprint density at radius 3 is 2.31 bits per heavy atom. The predicted molar refractivity (Wildman–Crippen MR) is 98.0 cm³/mol. The van der Waals surface area contributed by atoms with Crippen LogP contribution in [0.1, 0.15) is 13.8 Å². The lowest BCUT2D eigenvalue weighted by Crippen LogP contribution is -2.54. The van der Waals surface area contributed by atoms with Crippen molar-refractivity contribution in [2.24, 2.45) is 0 Å². The minimum atomic E-state index is -3.63. The molecule has 1 aromatic rings. The number of likely N-dealkylation sites (N-methyl/N-ethyl adjacent to an activating group) is 1. The average molecular weight is 385 g/mol. The first kappa shape index (κ1) is 20.5. The zero-order chi connectivity index (χ0) is 19.3. The van der Waals surface area contributed by atoms with Gasteiger partial charge in [0, 0.05) is 38.8 Å². The van der Waals surface area contributed by atoms with E-state index in [9.17, 15) is 13.2 Å². The monoisotopic (exact) mass is 385 g/mol. The summed E-state index contributed by atoms with van der Waals surface area (Å²) in [6.45, 7) is 5.97. The van der Waals surface area contributed by atoms with Crippen LogP contribution in [0.4, 0.5) is 0 Å². The van der Waals surface area contributed by atoms with Crippen LogP contribution in [-0.2, 0) is 14.8 Å². The maximum atomic E-state index is 12.9. The molecule has 146 valence electrons. The van der Waals surface area contributed by atoms with Crippen molar-refractivity contribution in [1.82, 2.24) is 14.5 Å². The number of carbonyl (C=O) groups excluding carboxylic acids is 1. The normalized spacial score (nSPS) is 17.5. The Hall–Kier alpha value is -1.84. The van der Waals surface area contributed by atoms with Crippen LogP contribution >= 0.6 is 0 Å². The maximum absolute atomic E-state index is 12.9. The van der Waals surface area contributed by atoms with Crippen molar-refractivity contribution in [1.29, 1.82) is 0 Å². The predicted octanol–water partition coefficient (Wildman–Crippen LogP) is 0.535. The number of amides is 1. The van der Waals surface area contributed by atoms with Crippen LogP contribution < -0.4 is 14.8 Å². The highest BCUT2D eigenvalue weighted by Gasteiger charge is 2.32. The molecule has 0 aromatic heterocycles. The minimum absolute atomic E-state index is 0.0382. The van der Waals surface area contributed by atoms with Gasteiger partial charge in [0.25, 0.3) is 0 Å². The fourth-order valence-corrected chi connectivity index (χ4v) is 4.38. The fraction of sp³-hybridized carbons (Fsp3) is 0.588. The van der Waals surface area contributed by atoms with E-state index in [0.717, 1.165) is 0 Å². The molecule has 0 saturated carbocycles. The first-order valence-corrected chi connectivity index (χ1v) is 10.0. The van der Waals surface area contributed by atoms with Gasteiger partial charge in [-0.05, 0) is 26.0 Å². The van der Waals surface area contributed by atoms with Gasteiger partial charge >= 0.3 is 0 Å². The molecular weight excluding hydrogens is 358 g/mol. The number of sulfonamides is 1. The summed E-state index contributed by atoms with van der Waals surface area (Å²) in [6, 6.07) is 4.29. The molecule has 1 fully saturated rings. The number of hydrogen-bond acceptors (Lipinski definition) is 6. The number of piperazine rings is 1. The Morgan fingerprint density at radius 2 is 1.77 bits per heavy atom. The average Bonchev–Trinajstić information content (AvgIpc) is 2.67. The number of nitrogens with one attached hydrogen (secondary N) is 1. The van der Waals surface area contributed by atoms with Crippen molar-refractivity contribution in [2.75, 3.05) is 46.9 Å². The number of carbonyl (C=O) groups is 1. The first-order valence-electron chi connectivity index (χ1n) is 8.59. The van der Waals surface area contributed by atoms with Gasteiger partial charge in [-0.25, -0.2) is 8.42 Å². The molecule has 1 aromatic carbocycles. The highest BCUT2D eigenvalue weighted by molar-refractivity contribution is 7.89. The Morgan fingerprint density at radius 1 is 1.15 bits per heavy atom. The second-order valence-electron chi connectivity index (χ2n) is 6.03. The Balaban J connectivity index is 2.09. The molecule has 0 unspecified atom stereocenters. The summed E-state index contributed by atoms with van der Waals surface area (Å²) < 4.78 is 37.6. The zero-order valence-electron chi connectivity index (χ0n) is 15.7. The number of nitrogens with zero attached hydrogens (tertiary/aromatic N) is 2. The number of methoxy groups -OCH3 is 2. The highest BCUT2D eigenvalue weighted by atomic mass is 32.2. The van der Waals surface area contributed by atoms with Crippen LogP contribution in [-0.4, -0.2) is 76.5 Å². The molecule has 1 amide bonds. The number of hydrogen-bond donors (Lipinski definition) is 1. The van der Waals surface area contributed by atoms with Crippen LogP contribution in [0.15, 0.2) is 23.1 Å². The molecule has 0 radical (unpaired) electrons. The standard InChI is InChI=1S/C17H27N3O5S/c1-5-18-17(21)13(2)19-8-10-20(11-9-19)26(22,23)14-6-7-15(24-3)16(12-14)25-4/h6-7,12-13H,5,8-11H2,1-4H3,(H,18,21)/t13-/m1/s1. The lowest BCUT2D eigenvalue weighted by atomic mass is 10.2. The summed E-state index contributed by atoms with van der Waals surface area (Å²) >= 11 is 0. The summed E-state index contributed by atoms with van der Waals surface area (Å²) in [5.41, 5.74) is 0. The van der Waals surface area contributed by atoms with Gasteiger partial charge < -0.3 is 14.8 Å². The van der Waals surface area contributed by atoms with E-state index in [2.05, 4.69) is 5.32 Å². The van der Waals surface area contributed by atoms with E-state index in [0.29, 0.717) is 44.2 Å². The van der Waals surface area contributed by atoms with Crippen molar-refractivity contribution in [2.45, 2.75) is 24.8 Å². The molecule has 26 heavy (non-hydrogen) atoms. The van der Waals surface area contributed by atoms with Gasteiger partial charge in [-0.15, -0.1) is 0 Å². The third kappa shape index (κ3) is 4.28. The van der Waals surface area contributed by atoms with Gasteiger partial charge in [0.2, 0.25) is 15.9 Å². The van der Waals surface area contributed by atoms with Gasteiger partial charge in [0.05, 0.1) is 25.2 Å². The van der Waals surface area contributed by atoms with Gasteiger partial charge in [-0.3, -0.25) is 9.69 Å². The number of benzene rings is 1. The molecule has 1 N–H and O–H groups in total. The fourth-order valence-electron chi connectivity index (χ4n) is 2.95. The van der Waals surface area contributed by atoms with E-state index in [4.69, 9.17) is 9.47 Å². The van der Waals surface area contributed by atoms with E-state index in [1.807, 2.05) is 18.7 Å². The second-order valence-corrected chi connectivity index (χ2v) is 7.97. The summed E-state index contributed by atoms with van der Waals surface area (Å²) in [5, 5.41) is 2.80. The molecule has 1 aliphatic heterocycles. The van der Waals surface area contributed by atoms with Crippen molar-refractivity contribution in [3.63, 3.8) is 0 Å². The SMILES string of the molecule is CCNC(=O)[C@@H](C)N1CCN(S(=O)(=O)c2ccc(OC)c(OC)c2)CC1. The third-order valence-electron chi connectivity index (χ3n) is 4.54. The van der Waals surface area contributed by atoms with Gasteiger partial charge in [0.15, 0.2) is 11.5 Å². The van der Waals surface area contributed by atoms with Crippen molar-refractivity contribution in [3.05, 3.63) is 18.2 Å². The first-order chi connectivity index (χ1) is 12.3. The van der Waals surface area contributed by atoms with E-state index >= 15 is 0 Å². The molecule has 0 spiro atoms. The largest absolute Gasteiger partial charge is 0.493 e. The van der Waals surface area contributed by atoms with Crippen molar-refractivity contribution < 1.29 is 22.7 Å². The quantitative estimate of drug-likeness (QED) is 0.737. The smallest absolute Gasteiger partial charge is 0.243 e. The lowest BCUT2D eigenvalue weighted by Gasteiger charge is -2.36. The van der Waals surface area contributed by atoms with Crippen LogP contribution in [0.2, 0.25) is 0 Å². The summed E-state index contributed by atoms with van der Waals surface area (Å²) in [5.74, 6) is 0.813. The summed E-state index contributed by atoms with van der Waals surface area (Å²) in [4.78, 5) is 14.1. The van der Waals surface area contributed by atoms with Gasteiger partial charge in [-0.1, -0.05) is 0 Å². The minimum Gasteiger partial charge on any atom is -0.493 e. The van der Waals surface area contributed by atoms with Crippen LogP contribution in [0.5, 0.6) is 11.5 Å². The van der Waals surface area contributed by atoms with E-state index < -0.39 is 10.0 Å². The van der Waals surface area contributed by atoms with Crippen molar-refractivity contribution >= 4 is 15.9 Å². The molecule has 1 atom stereocenters. The molecular formula is C17H27N3O5S. The molecule has 1 aliphatic rings. The van der Waals surface area contributed by atoms with E-state index in [1.54, 1.807) is 6.07 Å². The van der Waals surface area contributed by atoms with Crippen molar-refractivity contribution in [3.8, 4) is 11.5 Å². The van der Waals surface area contributed by atoms with Crippen LogP contribution in [0, 0.1) is 0 Å². The maximum Gasteiger partial charge on any atom is 0.243 e. The second kappa shape index (κ2) is 8.70. The summed E-state index contributed by atoms with van der Waals surface area (Å²) in [6.07, 6.45) is 0. The molecule has 1 heterocycles. The van der Waals surface area contributed by atoms with Gasteiger partial charge in [0.1, 0.15) is 0 Å². The third-order valence-corrected chi connectivity index (χ3v) is 6.44. The topological polar surface area (TPSA) is 88.2 Å². The molecule has 2 rings (SSSR count). The lowest BCUT2D eigenvalue weighted by molar-refractivity contribution is -0.126. The molecule has 8 nitrogen and oxygen atoms in total. The number of rotatable bonds is 7. The summed E-state index contributed by atoms with van der Waals surface area (Å²) in [7, 11) is -0.660. The van der Waals surface area contributed by atoms with E-state index in [1.165, 1.54) is 30.7 Å². The Bertz CT molecular complexity index is 730. The van der Waals surface area contributed by atoms with Crippen LogP contribution in [0.3, 0.4) is 0 Å². The molecule has 1 saturated heterocycles. The Labute approximate surface area is 155 Å². The number of ether oxygens (including phenoxy) is 2. The highest BCUT2D eigenvalue weighted by Crippen LogP contribution is 2.30. The molecule has 0 bridgehead atoms. The molecule has 9 heteroatoms. The van der Waals surface area contributed by atoms with E-state index in [-0.39, 0.29) is 16.8 Å². The Kier molecular flexibility index (Phi) is 6.85.